The number of rotatable bonds is 2. The molecule has 0 saturated carbocycles. The molecule has 0 amide bonds. The fourth-order valence-electron chi connectivity index (χ4n) is 2.02. The standard InChI is InChI=1S/C12H15Cl2N/c1-9-6-15(8-12(9)14)7-10-4-2-3-5-11(10)13/h2-5,9,12H,6-8H2,1H3. The summed E-state index contributed by atoms with van der Waals surface area (Å²) in [5.41, 5.74) is 1.19. The lowest BCUT2D eigenvalue weighted by Gasteiger charge is -2.15. The Bertz CT molecular complexity index is 330. The van der Waals surface area contributed by atoms with Crippen molar-refractivity contribution >= 4 is 23.2 Å². The molecule has 0 radical (unpaired) electrons. The number of alkyl halides is 1. The lowest BCUT2D eigenvalue weighted by molar-refractivity contribution is 0.320. The molecule has 1 aliphatic rings. The summed E-state index contributed by atoms with van der Waals surface area (Å²) in [6, 6.07) is 8.00. The first-order chi connectivity index (χ1) is 7.16. The quantitative estimate of drug-likeness (QED) is 0.721. The van der Waals surface area contributed by atoms with Crippen molar-refractivity contribution in [3.05, 3.63) is 34.9 Å². The summed E-state index contributed by atoms with van der Waals surface area (Å²) in [5, 5.41) is 1.13. The highest BCUT2D eigenvalue weighted by molar-refractivity contribution is 6.31. The van der Waals surface area contributed by atoms with Gasteiger partial charge in [0.05, 0.1) is 5.38 Å². The summed E-state index contributed by atoms with van der Waals surface area (Å²) in [6.45, 7) is 5.14. The Labute approximate surface area is 101 Å². The van der Waals surface area contributed by atoms with Crippen LogP contribution in [0, 0.1) is 5.92 Å². The van der Waals surface area contributed by atoms with Crippen molar-refractivity contribution in [2.45, 2.75) is 18.8 Å². The first-order valence-electron chi connectivity index (χ1n) is 5.26. The smallest absolute Gasteiger partial charge is 0.0501 e. The second kappa shape index (κ2) is 4.73. The molecule has 1 fully saturated rings. The highest BCUT2D eigenvalue weighted by Crippen LogP contribution is 2.25. The van der Waals surface area contributed by atoms with Crippen molar-refractivity contribution < 1.29 is 0 Å². The second-order valence-electron chi connectivity index (χ2n) is 4.28. The third-order valence-electron chi connectivity index (χ3n) is 2.95. The zero-order valence-electron chi connectivity index (χ0n) is 8.79. The Morgan fingerprint density at radius 3 is 2.67 bits per heavy atom. The van der Waals surface area contributed by atoms with E-state index in [2.05, 4.69) is 17.9 Å². The Hall–Kier alpha value is -0.240. The van der Waals surface area contributed by atoms with Gasteiger partial charge >= 0.3 is 0 Å². The van der Waals surface area contributed by atoms with Crippen LogP contribution in [0.5, 0.6) is 0 Å². The van der Waals surface area contributed by atoms with Crippen LogP contribution in [0.3, 0.4) is 0 Å². The van der Waals surface area contributed by atoms with Crippen LogP contribution in [0.4, 0.5) is 0 Å². The molecule has 2 rings (SSSR count). The summed E-state index contributed by atoms with van der Waals surface area (Å²) < 4.78 is 0. The molecule has 2 atom stereocenters. The molecular weight excluding hydrogens is 229 g/mol. The van der Waals surface area contributed by atoms with Crippen LogP contribution in [0.25, 0.3) is 0 Å². The molecule has 82 valence electrons. The van der Waals surface area contributed by atoms with Gasteiger partial charge in [-0.3, -0.25) is 4.90 Å². The Morgan fingerprint density at radius 2 is 2.07 bits per heavy atom. The number of halogens is 2. The van der Waals surface area contributed by atoms with E-state index in [1.807, 2.05) is 18.2 Å². The van der Waals surface area contributed by atoms with Crippen LogP contribution in [0.15, 0.2) is 24.3 Å². The summed E-state index contributed by atoms with van der Waals surface area (Å²) in [7, 11) is 0. The van der Waals surface area contributed by atoms with Crippen molar-refractivity contribution in [1.82, 2.24) is 4.90 Å². The summed E-state index contributed by atoms with van der Waals surface area (Å²) >= 11 is 12.3. The van der Waals surface area contributed by atoms with E-state index in [4.69, 9.17) is 23.2 Å². The van der Waals surface area contributed by atoms with Gasteiger partial charge in [0, 0.05) is 24.7 Å². The van der Waals surface area contributed by atoms with Gasteiger partial charge < -0.3 is 0 Å². The molecular formula is C12H15Cl2N. The van der Waals surface area contributed by atoms with E-state index in [-0.39, 0.29) is 5.38 Å². The molecule has 0 bridgehead atoms. The van der Waals surface area contributed by atoms with Crippen molar-refractivity contribution in [2.75, 3.05) is 13.1 Å². The van der Waals surface area contributed by atoms with Crippen LogP contribution in [0.2, 0.25) is 5.02 Å². The third kappa shape index (κ3) is 2.66. The molecule has 1 aromatic carbocycles. The molecule has 2 unspecified atom stereocenters. The summed E-state index contributed by atoms with van der Waals surface area (Å²) in [4.78, 5) is 2.36. The zero-order chi connectivity index (χ0) is 10.8. The molecule has 1 saturated heterocycles. The van der Waals surface area contributed by atoms with Crippen LogP contribution in [-0.4, -0.2) is 23.4 Å². The molecule has 1 aliphatic heterocycles. The summed E-state index contributed by atoms with van der Waals surface area (Å²) in [6.07, 6.45) is 0. The Kier molecular flexibility index (Phi) is 3.55. The van der Waals surface area contributed by atoms with E-state index in [9.17, 15) is 0 Å². The van der Waals surface area contributed by atoms with E-state index in [1.54, 1.807) is 0 Å². The largest absolute Gasteiger partial charge is 0.297 e. The fraction of sp³-hybridized carbons (Fsp3) is 0.500. The minimum atomic E-state index is 0.285. The predicted octanol–water partition coefficient (Wildman–Crippen LogP) is 3.40. The highest BCUT2D eigenvalue weighted by Gasteiger charge is 2.27. The van der Waals surface area contributed by atoms with Gasteiger partial charge in [-0.15, -0.1) is 11.6 Å². The van der Waals surface area contributed by atoms with Gasteiger partial charge in [-0.1, -0.05) is 36.7 Å². The number of benzene rings is 1. The average molecular weight is 244 g/mol. The third-order valence-corrected chi connectivity index (χ3v) is 3.88. The first-order valence-corrected chi connectivity index (χ1v) is 6.08. The SMILES string of the molecule is CC1CN(Cc2ccccc2Cl)CC1Cl. The summed E-state index contributed by atoms with van der Waals surface area (Å²) in [5.74, 6) is 0.578. The minimum Gasteiger partial charge on any atom is -0.297 e. The molecule has 1 aromatic rings. The first kappa shape index (κ1) is 11.3. The van der Waals surface area contributed by atoms with E-state index >= 15 is 0 Å². The minimum absolute atomic E-state index is 0.285. The van der Waals surface area contributed by atoms with Gasteiger partial charge in [0.25, 0.3) is 0 Å². The lowest BCUT2D eigenvalue weighted by atomic mass is 10.1. The molecule has 0 aromatic heterocycles. The maximum absolute atomic E-state index is 6.19. The maximum atomic E-state index is 6.19. The van der Waals surface area contributed by atoms with Gasteiger partial charge in [-0.05, 0) is 17.5 Å². The van der Waals surface area contributed by atoms with E-state index in [1.165, 1.54) is 5.56 Å². The van der Waals surface area contributed by atoms with Crippen molar-refractivity contribution in [3.63, 3.8) is 0 Å². The van der Waals surface area contributed by atoms with E-state index < -0.39 is 0 Å². The van der Waals surface area contributed by atoms with Gasteiger partial charge in [-0.25, -0.2) is 0 Å². The normalized spacial score (nSPS) is 27.1. The van der Waals surface area contributed by atoms with Crippen LogP contribution >= 0.6 is 23.2 Å². The van der Waals surface area contributed by atoms with Gasteiger partial charge in [-0.2, -0.15) is 0 Å². The van der Waals surface area contributed by atoms with Gasteiger partial charge in [0.15, 0.2) is 0 Å². The molecule has 0 spiro atoms. The van der Waals surface area contributed by atoms with Gasteiger partial charge in [0.2, 0.25) is 0 Å². The monoisotopic (exact) mass is 243 g/mol. The van der Waals surface area contributed by atoms with Crippen molar-refractivity contribution in [2.24, 2.45) is 5.92 Å². The average Bonchev–Trinajstić information content (AvgIpc) is 2.50. The Morgan fingerprint density at radius 1 is 1.33 bits per heavy atom. The molecule has 3 heteroatoms. The van der Waals surface area contributed by atoms with Crippen molar-refractivity contribution in [1.29, 1.82) is 0 Å². The molecule has 0 N–H and O–H groups in total. The van der Waals surface area contributed by atoms with E-state index in [0.717, 1.165) is 24.7 Å². The maximum Gasteiger partial charge on any atom is 0.0501 e. The predicted molar refractivity (Wildman–Crippen MR) is 65.5 cm³/mol. The number of hydrogen-bond donors (Lipinski definition) is 0. The van der Waals surface area contributed by atoms with Crippen LogP contribution < -0.4 is 0 Å². The number of nitrogens with zero attached hydrogens (tertiary/aromatic N) is 1. The van der Waals surface area contributed by atoms with E-state index in [0.29, 0.717) is 5.92 Å². The number of hydrogen-bond acceptors (Lipinski definition) is 1. The molecule has 15 heavy (non-hydrogen) atoms. The molecule has 1 nitrogen and oxygen atoms in total. The van der Waals surface area contributed by atoms with Crippen molar-refractivity contribution in [3.8, 4) is 0 Å². The number of likely N-dealkylation sites (tertiary alicyclic amines) is 1. The van der Waals surface area contributed by atoms with Crippen LogP contribution in [0.1, 0.15) is 12.5 Å². The van der Waals surface area contributed by atoms with Crippen LogP contribution in [-0.2, 0) is 6.54 Å². The lowest BCUT2D eigenvalue weighted by Crippen LogP contribution is -2.20. The zero-order valence-corrected chi connectivity index (χ0v) is 10.3. The highest BCUT2D eigenvalue weighted by atomic mass is 35.5. The molecule has 0 aliphatic carbocycles. The van der Waals surface area contributed by atoms with Gasteiger partial charge in [0.1, 0.15) is 0 Å². The molecule has 1 heterocycles. The topological polar surface area (TPSA) is 3.24 Å². The second-order valence-corrected chi connectivity index (χ2v) is 5.25. The Balaban J connectivity index is 2.01. The fourth-order valence-corrected chi connectivity index (χ4v) is 2.49.